The Morgan fingerprint density at radius 1 is 0.947 bits per heavy atom. The van der Waals surface area contributed by atoms with Gasteiger partial charge in [-0.05, 0) is 47.0 Å². The molecule has 0 heterocycles. The molecule has 0 amide bonds. The normalized spacial score (nSPS) is 11.6. The molecule has 0 nitrogen and oxygen atoms in total. The van der Waals surface area contributed by atoms with E-state index in [0.29, 0.717) is 16.7 Å². The smallest absolute Gasteiger partial charge is 0.207 e. The van der Waals surface area contributed by atoms with Gasteiger partial charge in [-0.1, -0.05) is 12.1 Å². The van der Waals surface area contributed by atoms with E-state index in [4.69, 9.17) is 11.6 Å². The van der Waals surface area contributed by atoms with Gasteiger partial charge in [0.15, 0.2) is 0 Å². The number of hydrogen-bond donors (Lipinski definition) is 0. The number of rotatable bonds is 2. The van der Waals surface area contributed by atoms with Crippen LogP contribution in [0, 0.1) is 5.82 Å². The van der Waals surface area contributed by atoms with E-state index in [1.807, 2.05) is 0 Å². The summed E-state index contributed by atoms with van der Waals surface area (Å²) < 4.78 is 51.4. The zero-order chi connectivity index (χ0) is 14.0. The van der Waals surface area contributed by atoms with Crippen LogP contribution in [0.15, 0.2) is 42.5 Å². The molecule has 0 fully saturated rings. The third kappa shape index (κ3) is 3.26. The van der Waals surface area contributed by atoms with Crippen LogP contribution in [0.3, 0.4) is 0 Å². The first kappa shape index (κ1) is 13.9. The lowest BCUT2D eigenvalue weighted by atomic mass is 10.00. The van der Waals surface area contributed by atoms with Gasteiger partial charge in [-0.25, -0.2) is 4.39 Å². The molecule has 0 saturated carbocycles. The number of hydrogen-bond acceptors (Lipinski definition) is 0. The molecule has 0 N–H and O–H groups in total. The van der Waals surface area contributed by atoms with Crippen LogP contribution in [0.1, 0.15) is 11.1 Å². The summed E-state index contributed by atoms with van der Waals surface area (Å²) in [6, 6.07) is 8.94. The molecular weight excluding hydrogens is 280 g/mol. The van der Waals surface area contributed by atoms with E-state index >= 15 is 0 Å². The molecule has 0 unspecified atom stereocenters. The van der Waals surface area contributed by atoms with Crippen molar-refractivity contribution in [1.82, 2.24) is 0 Å². The molecule has 0 aliphatic rings. The maximum atomic E-state index is 13.1. The fraction of sp³-hybridized carbons (Fsp3) is 0.143. The van der Waals surface area contributed by atoms with Crippen molar-refractivity contribution >= 4 is 11.6 Å². The van der Waals surface area contributed by atoms with E-state index in [9.17, 15) is 17.6 Å². The average molecular weight is 289 g/mol. The summed E-state index contributed by atoms with van der Waals surface area (Å²) in [6.07, 6.45) is -4.45. The molecule has 2 rings (SSSR count). The zero-order valence-corrected chi connectivity index (χ0v) is 10.4. The molecule has 5 heteroatoms. The van der Waals surface area contributed by atoms with Crippen molar-refractivity contribution in [2.45, 2.75) is 12.1 Å². The molecular formula is C14H9ClF4. The van der Waals surface area contributed by atoms with Crippen molar-refractivity contribution < 1.29 is 17.6 Å². The molecule has 0 spiro atoms. The van der Waals surface area contributed by atoms with Gasteiger partial charge in [-0.15, -0.1) is 11.6 Å². The highest BCUT2D eigenvalue weighted by Gasteiger charge is 2.31. The second-order valence-electron chi connectivity index (χ2n) is 4.06. The monoisotopic (exact) mass is 288 g/mol. The van der Waals surface area contributed by atoms with Gasteiger partial charge in [0, 0.05) is 5.88 Å². The predicted molar refractivity (Wildman–Crippen MR) is 66.4 cm³/mol. The van der Waals surface area contributed by atoms with Crippen LogP contribution in [0.4, 0.5) is 17.6 Å². The Morgan fingerprint density at radius 2 is 1.68 bits per heavy atom. The van der Waals surface area contributed by atoms with Crippen LogP contribution in [-0.4, -0.2) is 0 Å². The van der Waals surface area contributed by atoms with Gasteiger partial charge in [0.2, 0.25) is 0 Å². The highest BCUT2D eigenvalue weighted by molar-refractivity contribution is 6.17. The lowest BCUT2D eigenvalue weighted by molar-refractivity contribution is -0.137. The number of halogens is 5. The SMILES string of the molecule is Fc1cccc(-c2cc(CCl)cc(C(F)(F)F)c2)c1. The molecule has 0 bridgehead atoms. The average Bonchev–Trinajstić information content (AvgIpc) is 2.37. The summed E-state index contributed by atoms with van der Waals surface area (Å²) in [5, 5.41) is 0. The maximum absolute atomic E-state index is 13.1. The third-order valence-electron chi connectivity index (χ3n) is 2.63. The first-order chi connectivity index (χ1) is 8.90. The molecule has 19 heavy (non-hydrogen) atoms. The van der Waals surface area contributed by atoms with E-state index in [0.717, 1.165) is 12.1 Å². The summed E-state index contributed by atoms with van der Waals surface area (Å²) in [5.74, 6) is -0.533. The quantitative estimate of drug-likeness (QED) is 0.523. The van der Waals surface area contributed by atoms with Crippen LogP contribution in [0.25, 0.3) is 11.1 Å². The summed E-state index contributed by atoms with van der Waals surface area (Å²) in [5.41, 5.74) is 0.239. The Kier molecular flexibility index (Phi) is 3.80. The molecule has 0 aliphatic carbocycles. The van der Waals surface area contributed by atoms with Crippen LogP contribution >= 0.6 is 11.6 Å². The molecule has 0 aromatic heterocycles. The molecule has 0 aliphatic heterocycles. The van der Waals surface area contributed by atoms with Gasteiger partial charge < -0.3 is 0 Å². The number of alkyl halides is 4. The van der Waals surface area contributed by atoms with Crippen molar-refractivity contribution in [3.63, 3.8) is 0 Å². The molecule has 100 valence electrons. The van der Waals surface area contributed by atoms with Gasteiger partial charge in [0.1, 0.15) is 5.82 Å². The predicted octanol–water partition coefficient (Wildman–Crippen LogP) is 5.25. The summed E-state index contributed by atoms with van der Waals surface area (Å²) in [7, 11) is 0. The first-order valence-electron chi connectivity index (χ1n) is 5.43. The van der Waals surface area contributed by atoms with Gasteiger partial charge in [0.05, 0.1) is 5.56 Å². The van der Waals surface area contributed by atoms with E-state index in [2.05, 4.69) is 0 Å². The van der Waals surface area contributed by atoms with Crippen LogP contribution in [-0.2, 0) is 12.1 Å². The van der Waals surface area contributed by atoms with Gasteiger partial charge in [0.25, 0.3) is 0 Å². The molecule has 2 aromatic carbocycles. The van der Waals surface area contributed by atoms with E-state index < -0.39 is 17.6 Å². The highest BCUT2D eigenvalue weighted by Crippen LogP contribution is 2.34. The molecule has 0 atom stereocenters. The summed E-state index contributed by atoms with van der Waals surface area (Å²) in [6.45, 7) is 0. The standard InChI is InChI=1S/C14H9ClF4/c15-8-9-4-11(6-12(5-9)14(17,18)19)10-2-1-3-13(16)7-10/h1-7H,8H2. The highest BCUT2D eigenvalue weighted by atomic mass is 35.5. The van der Waals surface area contributed by atoms with Gasteiger partial charge in [-0.3, -0.25) is 0 Å². The Hall–Kier alpha value is -1.55. The second-order valence-corrected chi connectivity index (χ2v) is 4.33. The fourth-order valence-electron chi connectivity index (χ4n) is 1.77. The lowest BCUT2D eigenvalue weighted by Gasteiger charge is -2.11. The Balaban J connectivity index is 2.57. The second kappa shape index (κ2) is 5.21. The minimum atomic E-state index is -4.45. The summed E-state index contributed by atoms with van der Waals surface area (Å²) >= 11 is 5.60. The van der Waals surface area contributed by atoms with E-state index in [1.165, 1.54) is 24.3 Å². The van der Waals surface area contributed by atoms with Gasteiger partial charge in [-0.2, -0.15) is 13.2 Å². The minimum Gasteiger partial charge on any atom is -0.207 e. The molecule has 0 saturated heterocycles. The maximum Gasteiger partial charge on any atom is 0.416 e. The topological polar surface area (TPSA) is 0 Å². The van der Waals surface area contributed by atoms with Crippen LogP contribution in [0.5, 0.6) is 0 Å². The largest absolute Gasteiger partial charge is 0.416 e. The third-order valence-corrected chi connectivity index (χ3v) is 2.94. The Bertz CT molecular complexity index is 590. The first-order valence-corrected chi connectivity index (χ1v) is 5.96. The molecule has 0 radical (unpaired) electrons. The minimum absolute atomic E-state index is 0.0355. The lowest BCUT2D eigenvalue weighted by Crippen LogP contribution is -2.05. The molecule has 2 aromatic rings. The van der Waals surface area contributed by atoms with E-state index in [1.54, 1.807) is 6.07 Å². The van der Waals surface area contributed by atoms with Crippen molar-refractivity contribution in [3.05, 3.63) is 59.4 Å². The Morgan fingerprint density at radius 3 is 2.26 bits per heavy atom. The van der Waals surface area contributed by atoms with Crippen molar-refractivity contribution in [2.24, 2.45) is 0 Å². The van der Waals surface area contributed by atoms with Gasteiger partial charge >= 0.3 is 6.18 Å². The van der Waals surface area contributed by atoms with E-state index in [-0.39, 0.29) is 5.88 Å². The van der Waals surface area contributed by atoms with Crippen molar-refractivity contribution in [1.29, 1.82) is 0 Å². The van der Waals surface area contributed by atoms with Crippen molar-refractivity contribution in [3.8, 4) is 11.1 Å². The Labute approximate surface area is 112 Å². The van der Waals surface area contributed by atoms with Crippen molar-refractivity contribution in [2.75, 3.05) is 0 Å². The zero-order valence-electron chi connectivity index (χ0n) is 9.64. The number of benzene rings is 2. The van der Waals surface area contributed by atoms with Crippen LogP contribution < -0.4 is 0 Å². The van der Waals surface area contributed by atoms with Crippen LogP contribution in [0.2, 0.25) is 0 Å². The summed E-state index contributed by atoms with van der Waals surface area (Å²) in [4.78, 5) is 0. The fourth-order valence-corrected chi connectivity index (χ4v) is 1.92.